The molecule has 1 aliphatic heterocycles. The van der Waals surface area contributed by atoms with Crippen molar-refractivity contribution >= 4 is 11.7 Å². The predicted octanol–water partition coefficient (Wildman–Crippen LogP) is 3.45. The Bertz CT molecular complexity index is 842. The zero-order valence-electron chi connectivity index (χ0n) is 16.4. The van der Waals surface area contributed by atoms with Gasteiger partial charge in [-0.2, -0.15) is 0 Å². The van der Waals surface area contributed by atoms with Crippen molar-refractivity contribution in [3.05, 3.63) is 53.6 Å². The second-order valence-electron chi connectivity index (χ2n) is 6.79. The molecule has 0 radical (unpaired) electrons. The lowest BCUT2D eigenvalue weighted by Gasteiger charge is -2.32. The number of nitrogens with zero attached hydrogens (tertiary/aromatic N) is 1. The fraction of sp³-hybridized carbons (Fsp3) is 0.364. The van der Waals surface area contributed by atoms with Crippen LogP contribution in [0.3, 0.4) is 0 Å². The number of benzene rings is 2. The van der Waals surface area contributed by atoms with Crippen LogP contribution in [0.2, 0.25) is 0 Å². The lowest BCUT2D eigenvalue weighted by Crippen LogP contribution is -2.42. The molecule has 2 aromatic carbocycles. The summed E-state index contributed by atoms with van der Waals surface area (Å²) in [5.41, 5.74) is 1.10. The molecule has 6 nitrogen and oxygen atoms in total. The predicted molar refractivity (Wildman–Crippen MR) is 105 cm³/mol. The normalized spacial score (nSPS) is 16.4. The molecule has 1 saturated heterocycles. The Morgan fingerprint density at radius 2 is 1.54 bits per heavy atom. The molecule has 0 unspecified atom stereocenters. The smallest absolute Gasteiger partial charge is 0.254 e. The van der Waals surface area contributed by atoms with E-state index in [9.17, 15) is 9.59 Å². The molecule has 148 valence electrons. The van der Waals surface area contributed by atoms with Crippen molar-refractivity contribution in [2.45, 2.75) is 12.8 Å². The highest BCUT2D eigenvalue weighted by Crippen LogP contribution is 2.27. The molecule has 0 bridgehead atoms. The van der Waals surface area contributed by atoms with Gasteiger partial charge in [0.15, 0.2) is 5.78 Å². The highest BCUT2D eigenvalue weighted by molar-refractivity contribution is 5.99. The van der Waals surface area contributed by atoms with Gasteiger partial charge in [-0.15, -0.1) is 0 Å². The molecule has 3 rings (SSSR count). The number of carbonyl (C=O) groups excluding carboxylic acids is 2. The van der Waals surface area contributed by atoms with Crippen LogP contribution in [0, 0.1) is 5.92 Å². The van der Waals surface area contributed by atoms with Gasteiger partial charge in [-0.25, -0.2) is 0 Å². The maximum absolute atomic E-state index is 13.0. The molecule has 1 heterocycles. The van der Waals surface area contributed by atoms with E-state index < -0.39 is 0 Å². The van der Waals surface area contributed by atoms with Crippen LogP contribution in [0.5, 0.6) is 17.2 Å². The quantitative estimate of drug-likeness (QED) is 0.715. The third kappa shape index (κ3) is 4.27. The van der Waals surface area contributed by atoms with Gasteiger partial charge in [0.2, 0.25) is 0 Å². The lowest BCUT2D eigenvalue weighted by molar-refractivity contribution is 0.0636. The van der Waals surface area contributed by atoms with E-state index in [1.54, 1.807) is 62.6 Å². The number of hydrogen-bond acceptors (Lipinski definition) is 5. The average molecular weight is 383 g/mol. The van der Waals surface area contributed by atoms with Gasteiger partial charge < -0.3 is 19.1 Å². The average Bonchev–Trinajstić information content (AvgIpc) is 2.77. The topological polar surface area (TPSA) is 65.1 Å². The van der Waals surface area contributed by atoms with Gasteiger partial charge in [-0.1, -0.05) is 12.1 Å². The summed E-state index contributed by atoms with van der Waals surface area (Å²) in [6, 6.07) is 12.3. The van der Waals surface area contributed by atoms with E-state index >= 15 is 0 Å². The molecule has 1 aliphatic rings. The second-order valence-corrected chi connectivity index (χ2v) is 6.79. The van der Waals surface area contributed by atoms with Crippen molar-refractivity contribution in [3.63, 3.8) is 0 Å². The van der Waals surface area contributed by atoms with E-state index in [0.717, 1.165) is 12.8 Å². The van der Waals surface area contributed by atoms with E-state index in [4.69, 9.17) is 14.2 Å². The Hall–Kier alpha value is -3.02. The number of likely N-dealkylation sites (tertiary alicyclic amines) is 1. The van der Waals surface area contributed by atoms with Crippen molar-refractivity contribution in [1.82, 2.24) is 4.90 Å². The lowest BCUT2D eigenvalue weighted by atomic mass is 9.89. The fourth-order valence-electron chi connectivity index (χ4n) is 3.50. The standard InChI is InChI=1S/C22H25NO5/c1-26-18-8-4-6-15(10-18)21(24)16-7-5-9-23(14-16)22(25)17-11-19(27-2)13-20(12-17)28-3/h4,6,8,10-13,16H,5,7,9,14H2,1-3H3/t16-/m0/s1. The van der Waals surface area contributed by atoms with Gasteiger partial charge in [0.25, 0.3) is 5.91 Å². The van der Waals surface area contributed by atoms with Crippen LogP contribution in [0.1, 0.15) is 33.6 Å². The Morgan fingerprint density at radius 1 is 0.893 bits per heavy atom. The second kappa shape index (κ2) is 8.78. The van der Waals surface area contributed by atoms with Crippen molar-refractivity contribution in [2.24, 2.45) is 5.92 Å². The summed E-state index contributed by atoms with van der Waals surface area (Å²) >= 11 is 0. The molecule has 6 heteroatoms. The largest absolute Gasteiger partial charge is 0.497 e. The number of amides is 1. The number of piperidine rings is 1. The minimum atomic E-state index is -0.225. The Labute approximate surface area is 165 Å². The van der Waals surface area contributed by atoms with Gasteiger partial charge in [0, 0.05) is 36.2 Å². The third-order valence-corrected chi connectivity index (χ3v) is 5.03. The molecule has 0 spiro atoms. The first kappa shape index (κ1) is 19.7. The van der Waals surface area contributed by atoms with Crippen LogP contribution >= 0.6 is 0 Å². The molecule has 0 N–H and O–H groups in total. The van der Waals surface area contributed by atoms with Crippen LogP contribution in [0.4, 0.5) is 0 Å². The van der Waals surface area contributed by atoms with Gasteiger partial charge >= 0.3 is 0 Å². The first-order valence-electron chi connectivity index (χ1n) is 9.26. The third-order valence-electron chi connectivity index (χ3n) is 5.03. The minimum Gasteiger partial charge on any atom is -0.497 e. The number of Topliss-reactive ketones (excluding diaryl/α,β-unsaturated/α-hetero) is 1. The zero-order chi connectivity index (χ0) is 20.1. The van der Waals surface area contributed by atoms with E-state index in [1.807, 2.05) is 6.07 Å². The Morgan fingerprint density at radius 3 is 2.18 bits per heavy atom. The van der Waals surface area contributed by atoms with Crippen LogP contribution < -0.4 is 14.2 Å². The van der Waals surface area contributed by atoms with Crippen molar-refractivity contribution in [3.8, 4) is 17.2 Å². The molecule has 0 aromatic heterocycles. The van der Waals surface area contributed by atoms with E-state index in [1.165, 1.54) is 0 Å². The van der Waals surface area contributed by atoms with Crippen molar-refractivity contribution in [2.75, 3.05) is 34.4 Å². The molecule has 28 heavy (non-hydrogen) atoms. The molecular formula is C22H25NO5. The van der Waals surface area contributed by atoms with Crippen LogP contribution in [0.15, 0.2) is 42.5 Å². The van der Waals surface area contributed by atoms with E-state index in [0.29, 0.717) is 41.5 Å². The number of hydrogen-bond donors (Lipinski definition) is 0. The first-order valence-corrected chi connectivity index (χ1v) is 9.26. The molecule has 1 amide bonds. The van der Waals surface area contributed by atoms with Crippen LogP contribution in [-0.2, 0) is 0 Å². The highest BCUT2D eigenvalue weighted by atomic mass is 16.5. The Kier molecular flexibility index (Phi) is 6.19. The van der Waals surface area contributed by atoms with Crippen LogP contribution in [-0.4, -0.2) is 51.0 Å². The summed E-state index contributed by atoms with van der Waals surface area (Å²) < 4.78 is 15.7. The molecule has 1 atom stereocenters. The van der Waals surface area contributed by atoms with E-state index in [-0.39, 0.29) is 17.6 Å². The minimum absolute atomic E-state index is 0.0413. The van der Waals surface area contributed by atoms with Crippen molar-refractivity contribution in [1.29, 1.82) is 0 Å². The summed E-state index contributed by atoms with van der Waals surface area (Å²) in [5.74, 6) is 1.46. The zero-order valence-corrected chi connectivity index (χ0v) is 16.4. The van der Waals surface area contributed by atoms with Gasteiger partial charge in [-0.05, 0) is 37.1 Å². The molecule has 0 saturated carbocycles. The maximum atomic E-state index is 13.0. The van der Waals surface area contributed by atoms with Gasteiger partial charge in [0.05, 0.1) is 21.3 Å². The highest BCUT2D eigenvalue weighted by Gasteiger charge is 2.30. The summed E-state index contributed by atoms with van der Waals surface area (Å²) in [4.78, 5) is 27.7. The van der Waals surface area contributed by atoms with E-state index in [2.05, 4.69) is 0 Å². The number of carbonyl (C=O) groups is 2. The summed E-state index contributed by atoms with van der Waals surface area (Å²) in [5, 5.41) is 0. The summed E-state index contributed by atoms with van der Waals surface area (Å²) in [6.45, 7) is 1.02. The number of rotatable bonds is 6. The molecule has 0 aliphatic carbocycles. The molecule has 1 fully saturated rings. The summed E-state index contributed by atoms with van der Waals surface area (Å²) in [6.07, 6.45) is 1.55. The van der Waals surface area contributed by atoms with Gasteiger partial charge in [0.1, 0.15) is 17.2 Å². The number of ether oxygens (including phenoxy) is 3. The number of methoxy groups -OCH3 is 3. The molecule has 2 aromatic rings. The van der Waals surface area contributed by atoms with Crippen LogP contribution in [0.25, 0.3) is 0 Å². The molecular weight excluding hydrogens is 358 g/mol. The fourth-order valence-corrected chi connectivity index (χ4v) is 3.50. The monoisotopic (exact) mass is 383 g/mol. The SMILES string of the molecule is COc1cccc(C(=O)[C@H]2CCCN(C(=O)c3cc(OC)cc(OC)c3)C2)c1. The van der Waals surface area contributed by atoms with Crippen molar-refractivity contribution < 1.29 is 23.8 Å². The summed E-state index contributed by atoms with van der Waals surface area (Å²) in [7, 11) is 4.67. The first-order chi connectivity index (χ1) is 13.5. The maximum Gasteiger partial charge on any atom is 0.254 e. The Balaban J connectivity index is 1.77. The number of ketones is 1. The van der Waals surface area contributed by atoms with Gasteiger partial charge in [-0.3, -0.25) is 9.59 Å².